The summed E-state index contributed by atoms with van der Waals surface area (Å²) in [5, 5.41) is 18.4. The first-order chi connectivity index (χ1) is 13.2. The minimum atomic E-state index is -0.214. The molecule has 6 nitrogen and oxygen atoms in total. The summed E-state index contributed by atoms with van der Waals surface area (Å²) in [6.07, 6.45) is 0. The Hall–Kier alpha value is -3.40. The highest BCUT2D eigenvalue weighted by molar-refractivity contribution is 5.54. The highest BCUT2D eigenvalue weighted by atomic mass is 19.1. The second kappa shape index (κ2) is 7.08. The van der Waals surface area contributed by atoms with E-state index in [1.54, 1.807) is 12.1 Å². The van der Waals surface area contributed by atoms with E-state index in [4.69, 9.17) is 0 Å². The number of aryl methyl sites for hydroxylation is 1. The van der Waals surface area contributed by atoms with Gasteiger partial charge in [-0.05, 0) is 36.8 Å². The van der Waals surface area contributed by atoms with Crippen LogP contribution in [-0.4, -0.2) is 41.2 Å². The van der Waals surface area contributed by atoms with Gasteiger partial charge in [0.15, 0.2) is 5.82 Å². The molecule has 1 aromatic heterocycles. The maximum Gasteiger partial charge on any atom is 0.207 e. The van der Waals surface area contributed by atoms with E-state index in [9.17, 15) is 9.65 Å². The van der Waals surface area contributed by atoms with Crippen molar-refractivity contribution >= 4 is 11.5 Å². The van der Waals surface area contributed by atoms with Gasteiger partial charge in [0, 0.05) is 26.2 Å². The summed E-state index contributed by atoms with van der Waals surface area (Å²) in [5.41, 5.74) is 2.84. The summed E-state index contributed by atoms with van der Waals surface area (Å²) in [5.74, 6) is 0.362. The van der Waals surface area contributed by atoms with Gasteiger partial charge in [0.05, 0.1) is 11.4 Å². The first-order valence-electron chi connectivity index (χ1n) is 8.84. The molecule has 1 saturated heterocycles. The molecule has 0 aliphatic carbocycles. The molecule has 3 aromatic rings. The predicted octanol–water partition coefficient (Wildman–Crippen LogP) is 2.91. The monoisotopic (exact) mass is 362 g/mol. The number of piperazine rings is 1. The molecule has 2 heterocycles. The molecule has 1 aliphatic heterocycles. The fourth-order valence-corrected chi connectivity index (χ4v) is 3.32. The maximum atomic E-state index is 14.0. The van der Waals surface area contributed by atoms with Gasteiger partial charge in [0.1, 0.15) is 11.9 Å². The Morgan fingerprint density at radius 1 is 0.963 bits per heavy atom. The number of nitriles is 1. The molecule has 0 unspecified atom stereocenters. The molecule has 0 radical (unpaired) electrons. The highest BCUT2D eigenvalue weighted by Gasteiger charge is 2.24. The smallest absolute Gasteiger partial charge is 0.207 e. The van der Waals surface area contributed by atoms with Crippen LogP contribution in [0.15, 0.2) is 48.5 Å². The van der Waals surface area contributed by atoms with Crippen molar-refractivity contribution in [2.45, 2.75) is 6.92 Å². The lowest BCUT2D eigenvalue weighted by molar-refractivity contribution is 0.595. The number of aromatic nitrogens is 3. The molecule has 0 amide bonds. The van der Waals surface area contributed by atoms with E-state index in [0.717, 1.165) is 11.3 Å². The first kappa shape index (κ1) is 17.0. The summed E-state index contributed by atoms with van der Waals surface area (Å²) in [6, 6.07) is 16.8. The second-order valence-corrected chi connectivity index (χ2v) is 6.54. The third-order valence-electron chi connectivity index (χ3n) is 4.71. The van der Waals surface area contributed by atoms with E-state index < -0.39 is 0 Å². The van der Waals surface area contributed by atoms with Crippen LogP contribution in [0.4, 0.5) is 15.9 Å². The SMILES string of the molecule is Cc1cccc(-n2nc(C#N)c(N3CCN(c4ccccc4F)CC3)n2)c1. The molecule has 0 atom stereocenters. The Kier molecular flexibility index (Phi) is 4.47. The van der Waals surface area contributed by atoms with Crippen molar-refractivity contribution in [3.8, 4) is 11.8 Å². The highest BCUT2D eigenvalue weighted by Crippen LogP contribution is 2.23. The van der Waals surface area contributed by atoms with Crippen LogP contribution >= 0.6 is 0 Å². The van der Waals surface area contributed by atoms with Gasteiger partial charge in [-0.2, -0.15) is 5.26 Å². The fourth-order valence-electron chi connectivity index (χ4n) is 3.32. The lowest BCUT2D eigenvalue weighted by Crippen LogP contribution is -2.47. The molecule has 0 N–H and O–H groups in total. The first-order valence-corrected chi connectivity index (χ1v) is 8.84. The van der Waals surface area contributed by atoms with E-state index >= 15 is 0 Å². The van der Waals surface area contributed by atoms with Crippen molar-refractivity contribution in [3.63, 3.8) is 0 Å². The minimum absolute atomic E-state index is 0.214. The molecular weight excluding hydrogens is 343 g/mol. The van der Waals surface area contributed by atoms with E-state index in [-0.39, 0.29) is 5.82 Å². The molecule has 2 aromatic carbocycles. The van der Waals surface area contributed by atoms with Crippen molar-refractivity contribution in [2.75, 3.05) is 36.0 Å². The fraction of sp³-hybridized carbons (Fsp3) is 0.250. The lowest BCUT2D eigenvalue weighted by Gasteiger charge is -2.36. The zero-order valence-electron chi connectivity index (χ0n) is 15.0. The number of rotatable bonds is 3. The Morgan fingerprint density at radius 3 is 2.41 bits per heavy atom. The van der Waals surface area contributed by atoms with Crippen molar-refractivity contribution in [3.05, 3.63) is 65.6 Å². The molecule has 1 aliphatic rings. The van der Waals surface area contributed by atoms with E-state index in [0.29, 0.717) is 43.4 Å². The average Bonchev–Trinajstić information content (AvgIpc) is 3.13. The third-order valence-corrected chi connectivity index (χ3v) is 4.71. The average molecular weight is 362 g/mol. The second-order valence-electron chi connectivity index (χ2n) is 6.54. The molecule has 0 spiro atoms. The predicted molar refractivity (Wildman–Crippen MR) is 102 cm³/mol. The lowest BCUT2D eigenvalue weighted by atomic mass is 10.2. The standard InChI is InChI=1S/C20H19FN6/c1-15-5-4-6-16(13-15)27-23-18(14-22)20(24-27)26-11-9-25(10-12-26)19-8-3-2-7-17(19)21/h2-8,13H,9-12H2,1H3. The van der Waals surface area contributed by atoms with Crippen LogP contribution in [0.25, 0.3) is 5.69 Å². The Balaban J connectivity index is 1.55. The molecule has 4 rings (SSSR count). The third kappa shape index (κ3) is 3.34. The van der Waals surface area contributed by atoms with Crippen LogP contribution in [0.1, 0.15) is 11.3 Å². The molecular formula is C20H19FN6. The molecule has 1 fully saturated rings. The van der Waals surface area contributed by atoms with Crippen molar-refractivity contribution in [1.29, 1.82) is 5.26 Å². The molecule has 7 heteroatoms. The van der Waals surface area contributed by atoms with Crippen molar-refractivity contribution in [1.82, 2.24) is 15.0 Å². The van der Waals surface area contributed by atoms with Crippen LogP contribution in [0.2, 0.25) is 0 Å². The van der Waals surface area contributed by atoms with E-state index in [2.05, 4.69) is 16.3 Å². The molecule has 136 valence electrons. The Morgan fingerprint density at radius 2 is 1.70 bits per heavy atom. The number of hydrogen-bond donors (Lipinski definition) is 0. The summed E-state index contributed by atoms with van der Waals surface area (Å²) in [4.78, 5) is 5.56. The Labute approximate surface area is 157 Å². The Bertz CT molecular complexity index is 998. The van der Waals surface area contributed by atoms with Crippen LogP contribution in [0, 0.1) is 24.1 Å². The molecule has 27 heavy (non-hydrogen) atoms. The van der Waals surface area contributed by atoms with Gasteiger partial charge >= 0.3 is 0 Å². The largest absolute Gasteiger partial charge is 0.366 e. The number of benzene rings is 2. The number of para-hydroxylation sites is 1. The zero-order valence-corrected chi connectivity index (χ0v) is 15.0. The number of anilines is 2. The number of halogens is 1. The number of hydrogen-bond acceptors (Lipinski definition) is 5. The van der Waals surface area contributed by atoms with Gasteiger partial charge in [-0.15, -0.1) is 15.0 Å². The molecule has 0 saturated carbocycles. The van der Waals surface area contributed by atoms with Gasteiger partial charge in [-0.3, -0.25) is 0 Å². The normalized spacial score (nSPS) is 14.3. The van der Waals surface area contributed by atoms with Crippen LogP contribution < -0.4 is 9.80 Å². The summed E-state index contributed by atoms with van der Waals surface area (Å²) >= 11 is 0. The van der Waals surface area contributed by atoms with Crippen LogP contribution in [0.5, 0.6) is 0 Å². The van der Waals surface area contributed by atoms with Gasteiger partial charge in [-0.25, -0.2) is 4.39 Å². The quantitative estimate of drug-likeness (QED) is 0.717. The van der Waals surface area contributed by atoms with E-state index in [1.165, 1.54) is 10.9 Å². The summed E-state index contributed by atoms with van der Waals surface area (Å²) in [7, 11) is 0. The van der Waals surface area contributed by atoms with Crippen LogP contribution in [-0.2, 0) is 0 Å². The van der Waals surface area contributed by atoms with Crippen molar-refractivity contribution in [2.24, 2.45) is 0 Å². The number of nitrogens with zero attached hydrogens (tertiary/aromatic N) is 6. The minimum Gasteiger partial charge on any atom is -0.366 e. The van der Waals surface area contributed by atoms with Gasteiger partial charge < -0.3 is 9.80 Å². The van der Waals surface area contributed by atoms with Crippen molar-refractivity contribution < 1.29 is 4.39 Å². The summed E-state index contributed by atoms with van der Waals surface area (Å²) in [6.45, 7) is 4.61. The summed E-state index contributed by atoms with van der Waals surface area (Å²) < 4.78 is 14.0. The van der Waals surface area contributed by atoms with Gasteiger partial charge in [0.25, 0.3) is 0 Å². The maximum absolute atomic E-state index is 14.0. The molecule has 0 bridgehead atoms. The zero-order chi connectivity index (χ0) is 18.8. The van der Waals surface area contributed by atoms with E-state index in [1.807, 2.05) is 47.1 Å². The van der Waals surface area contributed by atoms with Gasteiger partial charge in [0.2, 0.25) is 5.69 Å². The topological polar surface area (TPSA) is 61.0 Å². The van der Waals surface area contributed by atoms with Crippen LogP contribution in [0.3, 0.4) is 0 Å². The van der Waals surface area contributed by atoms with Gasteiger partial charge in [-0.1, -0.05) is 24.3 Å².